The number of hydrogen-bond acceptors (Lipinski definition) is 6. The van der Waals surface area contributed by atoms with Gasteiger partial charge in [-0.2, -0.15) is 0 Å². The first-order valence-corrected chi connectivity index (χ1v) is 12.9. The maximum atomic E-state index is 13.3. The van der Waals surface area contributed by atoms with E-state index in [1.165, 1.54) is 6.92 Å². The van der Waals surface area contributed by atoms with Crippen molar-refractivity contribution < 1.29 is 24.3 Å². The number of nitrogens with two attached hydrogens (primary N) is 3. The van der Waals surface area contributed by atoms with Crippen LogP contribution in [0, 0.1) is 5.92 Å². The summed E-state index contributed by atoms with van der Waals surface area (Å²) < 4.78 is 0. The molecule has 1 heterocycles. The number of H-pyrrole nitrogens is 1. The number of guanidine groups is 1. The Kier molecular flexibility index (Phi) is 11.7. The highest BCUT2D eigenvalue weighted by molar-refractivity contribution is 5.94. The average Bonchev–Trinajstić information content (AvgIpc) is 3.27. The second kappa shape index (κ2) is 14.7. The first-order chi connectivity index (χ1) is 18.4. The van der Waals surface area contributed by atoms with E-state index < -0.39 is 47.9 Å². The third kappa shape index (κ3) is 9.93. The van der Waals surface area contributed by atoms with Gasteiger partial charge in [0.1, 0.15) is 18.1 Å². The molecule has 13 nitrogen and oxygen atoms in total. The molecule has 11 N–H and O–H groups in total. The normalized spacial score (nSPS) is 14.2. The van der Waals surface area contributed by atoms with Crippen LogP contribution in [0.15, 0.2) is 35.5 Å². The van der Waals surface area contributed by atoms with Gasteiger partial charge in [0.05, 0.1) is 6.04 Å². The maximum Gasteiger partial charge on any atom is 0.325 e. The SMILES string of the molecule is CC(C)CC(NC(=O)C(N)Cc1c[nH]c2ccccc12)C(=O)NC(CCCN=C(N)N)C(=O)NC(C)C(=O)O. The number of nitrogens with zero attached hydrogens (tertiary/aromatic N) is 1. The number of aliphatic imine (C=N–C) groups is 1. The molecule has 0 bridgehead atoms. The molecule has 2 rings (SSSR count). The predicted octanol–water partition coefficient (Wildman–Crippen LogP) is -0.304. The smallest absolute Gasteiger partial charge is 0.325 e. The fraction of sp³-hybridized carbons (Fsp3) is 0.500. The van der Waals surface area contributed by atoms with Crippen LogP contribution in [-0.2, 0) is 25.6 Å². The van der Waals surface area contributed by atoms with Gasteiger partial charge >= 0.3 is 5.97 Å². The Bertz CT molecular complexity index is 1170. The number of carbonyl (C=O) groups excluding carboxylic acids is 3. The number of benzene rings is 1. The molecule has 214 valence electrons. The zero-order chi connectivity index (χ0) is 29.1. The minimum absolute atomic E-state index is 0.0343. The largest absolute Gasteiger partial charge is 0.480 e. The van der Waals surface area contributed by atoms with Gasteiger partial charge in [0.15, 0.2) is 5.96 Å². The minimum Gasteiger partial charge on any atom is -0.480 e. The number of hydrogen-bond donors (Lipinski definition) is 8. The molecular formula is C26H40N8O5. The van der Waals surface area contributed by atoms with Crippen LogP contribution in [0.3, 0.4) is 0 Å². The Balaban J connectivity index is 2.12. The van der Waals surface area contributed by atoms with E-state index >= 15 is 0 Å². The fourth-order valence-corrected chi connectivity index (χ4v) is 4.03. The lowest BCUT2D eigenvalue weighted by Gasteiger charge is -2.25. The zero-order valence-electron chi connectivity index (χ0n) is 22.6. The summed E-state index contributed by atoms with van der Waals surface area (Å²) in [5.74, 6) is -3.05. The number of aromatic amines is 1. The van der Waals surface area contributed by atoms with Crippen LogP contribution in [0.25, 0.3) is 10.9 Å². The van der Waals surface area contributed by atoms with Crippen LogP contribution in [-0.4, -0.2) is 70.5 Å². The Morgan fingerprint density at radius 1 is 0.974 bits per heavy atom. The highest BCUT2D eigenvalue weighted by Gasteiger charge is 2.30. The number of para-hydroxylation sites is 1. The summed E-state index contributed by atoms with van der Waals surface area (Å²) in [4.78, 5) is 57.3. The highest BCUT2D eigenvalue weighted by atomic mass is 16.4. The fourth-order valence-electron chi connectivity index (χ4n) is 4.03. The quantitative estimate of drug-likeness (QED) is 0.0840. The summed E-state index contributed by atoms with van der Waals surface area (Å²) in [6.07, 6.45) is 2.84. The van der Waals surface area contributed by atoms with Crippen molar-refractivity contribution >= 4 is 40.6 Å². The van der Waals surface area contributed by atoms with E-state index in [1.807, 2.05) is 38.1 Å². The number of carboxylic acid groups (broad SMARTS) is 1. The summed E-state index contributed by atoms with van der Waals surface area (Å²) in [5, 5.41) is 17.9. The molecule has 4 atom stereocenters. The predicted molar refractivity (Wildman–Crippen MR) is 148 cm³/mol. The molecule has 39 heavy (non-hydrogen) atoms. The van der Waals surface area contributed by atoms with Crippen molar-refractivity contribution in [3.63, 3.8) is 0 Å². The first kappa shape index (κ1) is 31.1. The standard InChI is InChI=1S/C26H40N8O5/c1-14(2)11-21(34-22(35)18(27)12-16-13-31-19-8-5-4-7-17(16)19)24(37)33-20(9-6-10-30-26(28)29)23(36)32-15(3)25(38)39/h4-5,7-8,13-15,18,20-21,31H,6,9-12,27H2,1-3H3,(H,32,36)(H,33,37)(H,34,35)(H,38,39)(H4,28,29,30). The van der Waals surface area contributed by atoms with Crippen molar-refractivity contribution in [3.05, 3.63) is 36.0 Å². The molecule has 0 fully saturated rings. The zero-order valence-corrected chi connectivity index (χ0v) is 22.6. The number of rotatable bonds is 15. The van der Waals surface area contributed by atoms with Gasteiger partial charge in [-0.05, 0) is 50.2 Å². The van der Waals surface area contributed by atoms with Gasteiger partial charge < -0.3 is 43.2 Å². The van der Waals surface area contributed by atoms with Crippen LogP contribution in [0.2, 0.25) is 0 Å². The Morgan fingerprint density at radius 2 is 1.62 bits per heavy atom. The van der Waals surface area contributed by atoms with Gasteiger partial charge in [0, 0.05) is 23.6 Å². The molecule has 0 spiro atoms. The van der Waals surface area contributed by atoms with Crippen molar-refractivity contribution in [2.75, 3.05) is 6.54 Å². The molecule has 1 aromatic heterocycles. The number of amides is 3. The molecular weight excluding hydrogens is 504 g/mol. The van der Waals surface area contributed by atoms with Crippen molar-refractivity contribution in [2.45, 2.75) is 70.6 Å². The van der Waals surface area contributed by atoms with Crippen molar-refractivity contribution in [1.82, 2.24) is 20.9 Å². The summed E-state index contributed by atoms with van der Waals surface area (Å²) in [7, 11) is 0. The summed E-state index contributed by atoms with van der Waals surface area (Å²) in [6, 6.07) is 3.55. The molecule has 3 amide bonds. The van der Waals surface area contributed by atoms with Gasteiger partial charge in [-0.1, -0.05) is 32.0 Å². The third-order valence-electron chi connectivity index (χ3n) is 6.10. The van der Waals surface area contributed by atoms with Gasteiger partial charge in [0.2, 0.25) is 17.7 Å². The second-order valence-corrected chi connectivity index (χ2v) is 9.94. The van der Waals surface area contributed by atoms with E-state index in [-0.39, 0.29) is 31.3 Å². The van der Waals surface area contributed by atoms with Crippen LogP contribution in [0.5, 0.6) is 0 Å². The Hall–Kier alpha value is -4.13. The molecule has 2 aromatic rings. The van der Waals surface area contributed by atoms with Crippen molar-refractivity contribution in [3.8, 4) is 0 Å². The molecule has 0 aliphatic rings. The summed E-state index contributed by atoms with van der Waals surface area (Å²) in [5.41, 5.74) is 18.7. The summed E-state index contributed by atoms with van der Waals surface area (Å²) >= 11 is 0. The molecule has 0 radical (unpaired) electrons. The van der Waals surface area contributed by atoms with E-state index in [1.54, 1.807) is 6.20 Å². The lowest BCUT2D eigenvalue weighted by molar-refractivity contribution is -0.141. The van der Waals surface area contributed by atoms with Gasteiger partial charge in [-0.3, -0.25) is 24.2 Å². The first-order valence-electron chi connectivity index (χ1n) is 12.9. The van der Waals surface area contributed by atoms with Crippen LogP contribution >= 0.6 is 0 Å². The van der Waals surface area contributed by atoms with Crippen LogP contribution in [0.1, 0.15) is 45.6 Å². The number of carbonyl (C=O) groups is 4. The third-order valence-corrected chi connectivity index (χ3v) is 6.10. The van der Waals surface area contributed by atoms with E-state index in [9.17, 15) is 19.2 Å². The van der Waals surface area contributed by atoms with Crippen molar-refractivity contribution in [1.29, 1.82) is 0 Å². The van der Waals surface area contributed by atoms with E-state index in [0.29, 0.717) is 12.8 Å². The molecule has 1 aromatic carbocycles. The molecule has 0 aliphatic heterocycles. The lowest BCUT2D eigenvalue weighted by Crippen LogP contribution is -2.57. The number of aliphatic carboxylic acids is 1. The molecule has 4 unspecified atom stereocenters. The van der Waals surface area contributed by atoms with Gasteiger partial charge in [-0.25, -0.2) is 0 Å². The van der Waals surface area contributed by atoms with Crippen LogP contribution in [0.4, 0.5) is 0 Å². The number of carboxylic acids is 1. The molecule has 0 aliphatic carbocycles. The number of fused-ring (bicyclic) bond motifs is 1. The Morgan fingerprint density at radius 3 is 2.26 bits per heavy atom. The lowest BCUT2D eigenvalue weighted by atomic mass is 10.0. The van der Waals surface area contributed by atoms with E-state index in [4.69, 9.17) is 22.3 Å². The number of aromatic nitrogens is 1. The topological polar surface area (TPSA) is 231 Å². The summed E-state index contributed by atoms with van der Waals surface area (Å²) in [6.45, 7) is 5.32. The average molecular weight is 545 g/mol. The van der Waals surface area contributed by atoms with E-state index in [2.05, 4.69) is 25.9 Å². The second-order valence-electron chi connectivity index (χ2n) is 9.94. The monoisotopic (exact) mass is 544 g/mol. The molecule has 13 heteroatoms. The van der Waals surface area contributed by atoms with Gasteiger partial charge in [-0.15, -0.1) is 0 Å². The van der Waals surface area contributed by atoms with Gasteiger partial charge in [0.25, 0.3) is 0 Å². The van der Waals surface area contributed by atoms with Crippen molar-refractivity contribution in [2.24, 2.45) is 28.1 Å². The Labute approximate surface area is 227 Å². The number of nitrogens with one attached hydrogen (secondary N) is 4. The minimum atomic E-state index is -1.22. The van der Waals surface area contributed by atoms with E-state index in [0.717, 1.165) is 16.5 Å². The van der Waals surface area contributed by atoms with Crippen LogP contribution < -0.4 is 33.2 Å². The molecule has 0 saturated heterocycles. The highest BCUT2D eigenvalue weighted by Crippen LogP contribution is 2.19. The molecule has 0 saturated carbocycles. The maximum absolute atomic E-state index is 13.3.